The zero-order valence-corrected chi connectivity index (χ0v) is 22.1. The Balaban J connectivity index is 2.45. The average Bonchev–Trinajstić information content (AvgIpc) is 2.78. The predicted octanol–water partition coefficient (Wildman–Crippen LogP) is 4.48. The second-order valence-electron chi connectivity index (χ2n) is 8.11. The Bertz CT molecular complexity index is 1100. The summed E-state index contributed by atoms with van der Waals surface area (Å²) in [6, 6.07) is 12.8. The second kappa shape index (κ2) is 12.4. The number of nitrogens with one attached hydrogen (secondary N) is 1. The molecule has 2 aromatic carbocycles. The fourth-order valence-corrected chi connectivity index (χ4v) is 4.70. The summed E-state index contributed by atoms with van der Waals surface area (Å²) in [5.41, 5.74) is 0.916. The van der Waals surface area contributed by atoms with Crippen molar-refractivity contribution in [2.24, 2.45) is 0 Å². The largest absolute Gasteiger partial charge is 0.352 e. The first-order valence-electron chi connectivity index (χ1n) is 11.0. The molecule has 2 rings (SSSR count). The van der Waals surface area contributed by atoms with Gasteiger partial charge in [0.05, 0.1) is 17.0 Å². The number of halogens is 2. The summed E-state index contributed by atoms with van der Waals surface area (Å²) in [5, 5.41) is 3.35. The van der Waals surface area contributed by atoms with Crippen LogP contribution in [0.1, 0.15) is 39.2 Å². The van der Waals surface area contributed by atoms with Gasteiger partial charge in [-0.2, -0.15) is 0 Å². The van der Waals surface area contributed by atoms with Crippen molar-refractivity contribution < 1.29 is 18.0 Å². The Hall–Kier alpha value is -2.29. The standard InChI is InChI=1S/C24H31Cl2N3O4S/c1-5-17(3)27-24(31)21(6-2)28(15-18-10-8-7-9-11-18)23(30)16-29(34(4,32)33)22-14-19(25)12-13-20(22)26/h7-14,17,21H,5-6,15-16H2,1-4H3,(H,27,31). The van der Waals surface area contributed by atoms with E-state index >= 15 is 0 Å². The van der Waals surface area contributed by atoms with E-state index in [1.807, 2.05) is 51.1 Å². The van der Waals surface area contributed by atoms with Gasteiger partial charge in [0.25, 0.3) is 0 Å². The van der Waals surface area contributed by atoms with E-state index in [2.05, 4.69) is 5.32 Å². The molecule has 0 aliphatic carbocycles. The highest BCUT2D eigenvalue weighted by molar-refractivity contribution is 7.92. The number of carbonyl (C=O) groups excluding carboxylic acids is 2. The molecule has 0 radical (unpaired) electrons. The van der Waals surface area contributed by atoms with Crippen LogP contribution in [0.2, 0.25) is 10.0 Å². The van der Waals surface area contributed by atoms with Crippen LogP contribution in [0.15, 0.2) is 48.5 Å². The van der Waals surface area contributed by atoms with Crippen LogP contribution in [0.25, 0.3) is 0 Å². The van der Waals surface area contributed by atoms with E-state index in [9.17, 15) is 18.0 Å². The van der Waals surface area contributed by atoms with E-state index in [1.165, 1.54) is 23.1 Å². The minimum Gasteiger partial charge on any atom is -0.352 e. The fraction of sp³-hybridized carbons (Fsp3) is 0.417. The molecule has 0 aliphatic rings. The average molecular weight is 529 g/mol. The molecule has 0 spiro atoms. The number of hydrogen-bond donors (Lipinski definition) is 1. The summed E-state index contributed by atoms with van der Waals surface area (Å²) in [7, 11) is -3.89. The number of carbonyl (C=O) groups is 2. The van der Waals surface area contributed by atoms with Gasteiger partial charge in [-0.05, 0) is 43.5 Å². The Morgan fingerprint density at radius 2 is 1.68 bits per heavy atom. The summed E-state index contributed by atoms with van der Waals surface area (Å²) in [6.45, 7) is 5.28. The summed E-state index contributed by atoms with van der Waals surface area (Å²) in [5.74, 6) is -0.815. The highest BCUT2D eigenvalue weighted by Gasteiger charge is 2.32. The molecule has 0 saturated carbocycles. The maximum absolute atomic E-state index is 13.6. The van der Waals surface area contributed by atoms with E-state index in [0.717, 1.165) is 22.5 Å². The lowest BCUT2D eigenvalue weighted by atomic mass is 10.1. The molecular weight excluding hydrogens is 497 g/mol. The smallest absolute Gasteiger partial charge is 0.244 e. The number of hydrogen-bond acceptors (Lipinski definition) is 4. The molecule has 2 atom stereocenters. The molecule has 2 unspecified atom stereocenters. The topological polar surface area (TPSA) is 86.8 Å². The van der Waals surface area contributed by atoms with Crippen LogP contribution in [0.3, 0.4) is 0 Å². The van der Waals surface area contributed by atoms with Crippen molar-refractivity contribution in [3.05, 3.63) is 64.1 Å². The number of rotatable bonds is 11. The lowest BCUT2D eigenvalue weighted by molar-refractivity contribution is -0.140. The molecule has 0 bridgehead atoms. The van der Waals surface area contributed by atoms with Gasteiger partial charge in [-0.3, -0.25) is 13.9 Å². The zero-order chi connectivity index (χ0) is 25.5. The van der Waals surface area contributed by atoms with E-state index in [1.54, 1.807) is 0 Å². The molecule has 1 N–H and O–H groups in total. The molecule has 0 aromatic heterocycles. The van der Waals surface area contributed by atoms with Crippen molar-refractivity contribution in [1.29, 1.82) is 0 Å². The molecule has 0 fully saturated rings. The van der Waals surface area contributed by atoms with Crippen molar-refractivity contribution in [3.8, 4) is 0 Å². The molecule has 186 valence electrons. The lowest BCUT2D eigenvalue weighted by Crippen LogP contribution is -2.53. The zero-order valence-electron chi connectivity index (χ0n) is 19.8. The van der Waals surface area contributed by atoms with Crippen LogP contribution in [-0.2, 0) is 26.2 Å². The number of anilines is 1. The van der Waals surface area contributed by atoms with Gasteiger partial charge in [0.1, 0.15) is 12.6 Å². The van der Waals surface area contributed by atoms with E-state index in [0.29, 0.717) is 6.42 Å². The van der Waals surface area contributed by atoms with Crippen LogP contribution in [0.5, 0.6) is 0 Å². The van der Waals surface area contributed by atoms with Crippen LogP contribution in [-0.4, -0.2) is 50.0 Å². The van der Waals surface area contributed by atoms with Crippen LogP contribution >= 0.6 is 23.2 Å². The third-order valence-corrected chi connectivity index (χ3v) is 7.12. The monoisotopic (exact) mass is 527 g/mol. The van der Waals surface area contributed by atoms with Crippen LogP contribution in [0, 0.1) is 0 Å². The molecule has 2 amide bonds. The molecule has 7 nitrogen and oxygen atoms in total. The lowest BCUT2D eigenvalue weighted by Gasteiger charge is -2.33. The molecule has 10 heteroatoms. The summed E-state index contributed by atoms with van der Waals surface area (Å²) in [6.07, 6.45) is 2.09. The normalized spacial score (nSPS) is 13.1. The quantitative estimate of drug-likeness (QED) is 0.466. The highest BCUT2D eigenvalue weighted by atomic mass is 35.5. The minimum absolute atomic E-state index is 0.0620. The van der Waals surface area contributed by atoms with Crippen molar-refractivity contribution in [1.82, 2.24) is 10.2 Å². The van der Waals surface area contributed by atoms with Gasteiger partial charge in [0.15, 0.2) is 0 Å². The second-order valence-corrected chi connectivity index (χ2v) is 10.9. The number of amides is 2. The van der Waals surface area contributed by atoms with Crippen molar-refractivity contribution in [2.75, 3.05) is 17.1 Å². The highest BCUT2D eigenvalue weighted by Crippen LogP contribution is 2.31. The first-order chi connectivity index (χ1) is 16.0. The molecule has 0 aliphatic heterocycles. The fourth-order valence-electron chi connectivity index (χ4n) is 3.41. The van der Waals surface area contributed by atoms with Gasteiger partial charge in [-0.25, -0.2) is 8.42 Å². The molecule has 34 heavy (non-hydrogen) atoms. The first-order valence-corrected chi connectivity index (χ1v) is 13.6. The van der Waals surface area contributed by atoms with Gasteiger partial charge in [-0.15, -0.1) is 0 Å². The summed E-state index contributed by atoms with van der Waals surface area (Å²) < 4.78 is 26.2. The summed E-state index contributed by atoms with van der Waals surface area (Å²) in [4.78, 5) is 28.1. The van der Waals surface area contributed by atoms with Crippen LogP contribution < -0.4 is 9.62 Å². The Kier molecular flexibility index (Phi) is 10.2. The minimum atomic E-state index is -3.89. The van der Waals surface area contributed by atoms with E-state index in [-0.39, 0.29) is 34.2 Å². The third-order valence-electron chi connectivity index (χ3n) is 5.44. The molecule has 0 saturated heterocycles. The van der Waals surface area contributed by atoms with Gasteiger partial charge in [-0.1, -0.05) is 67.4 Å². The van der Waals surface area contributed by atoms with Crippen molar-refractivity contribution in [2.45, 2.75) is 52.2 Å². The maximum atomic E-state index is 13.6. The van der Waals surface area contributed by atoms with Gasteiger partial charge in [0, 0.05) is 17.6 Å². The third kappa shape index (κ3) is 7.61. The van der Waals surface area contributed by atoms with E-state index < -0.39 is 28.5 Å². The maximum Gasteiger partial charge on any atom is 0.244 e. The SMILES string of the molecule is CCC(C)NC(=O)C(CC)N(Cc1ccccc1)C(=O)CN(c1cc(Cl)ccc1Cl)S(C)(=O)=O. The van der Waals surface area contributed by atoms with Crippen LogP contribution in [0.4, 0.5) is 5.69 Å². The van der Waals surface area contributed by atoms with Gasteiger partial charge >= 0.3 is 0 Å². The molecule has 0 heterocycles. The van der Waals surface area contributed by atoms with Gasteiger partial charge < -0.3 is 10.2 Å². The Morgan fingerprint density at radius 3 is 2.24 bits per heavy atom. The number of benzene rings is 2. The number of sulfonamides is 1. The van der Waals surface area contributed by atoms with Gasteiger partial charge in [0.2, 0.25) is 21.8 Å². The van der Waals surface area contributed by atoms with Crippen molar-refractivity contribution >= 4 is 50.7 Å². The summed E-state index contributed by atoms with van der Waals surface area (Å²) >= 11 is 12.3. The Morgan fingerprint density at radius 1 is 1.03 bits per heavy atom. The number of nitrogens with zero attached hydrogens (tertiary/aromatic N) is 2. The van der Waals surface area contributed by atoms with Crippen molar-refractivity contribution in [3.63, 3.8) is 0 Å². The molecule has 2 aromatic rings. The molecular formula is C24H31Cl2N3O4S. The predicted molar refractivity (Wildman–Crippen MR) is 138 cm³/mol. The Labute approximate surface area is 212 Å². The first kappa shape index (κ1) is 28.0. The van der Waals surface area contributed by atoms with E-state index in [4.69, 9.17) is 23.2 Å².